The van der Waals surface area contributed by atoms with Crippen LogP contribution in [0.3, 0.4) is 0 Å². The molecule has 1 N–H and O–H groups in total. The first-order valence-electron chi connectivity index (χ1n) is 11.3. The average Bonchev–Trinajstić information content (AvgIpc) is 2.86. The molecule has 192 valence electrons. The van der Waals surface area contributed by atoms with Crippen molar-refractivity contribution in [1.82, 2.24) is 24.5 Å². The van der Waals surface area contributed by atoms with Gasteiger partial charge in [0.2, 0.25) is 0 Å². The van der Waals surface area contributed by atoms with E-state index in [0.29, 0.717) is 28.3 Å². The molecule has 4 rings (SSSR count). The van der Waals surface area contributed by atoms with E-state index < -0.39 is 17.6 Å². The van der Waals surface area contributed by atoms with Gasteiger partial charge in [0, 0.05) is 35.9 Å². The zero-order valence-electron chi connectivity index (χ0n) is 20.5. The van der Waals surface area contributed by atoms with Gasteiger partial charge in [-0.25, -0.2) is 18.7 Å². The van der Waals surface area contributed by atoms with Crippen LogP contribution < -0.4 is 10.3 Å². The van der Waals surface area contributed by atoms with E-state index >= 15 is 0 Å². The largest absolute Gasteiger partial charge is 0.485 e. The molecule has 4 aromatic heterocycles. The standard InChI is InChI=1S/C26H24ClF2N5O3/c1-14-12-32-19(18-6-8-31-25(33-18)26(3,4)36)11-20(14)34-15(2)9-21(22(27)24(34)35)37-13-17-10-16(23(28)29)5-7-30-17/h5-12,23,36H,13H2,1-4H3. The molecule has 0 aromatic carbocycles. The molecule has 0 unspecified atom stereocenters. The first-order chi connectivity index (χ1) is 17.5. The summed E-state index contributed by atoms with van der Waals surface area (Å²) in [6, 6.07) is 7.43. The van der Waals surface area contributed by atoms with Crippen molar-refractivity contribution in [3.8, 4) is 22.8 Å². The third kappa shape index (κ3) is 5.65. The predicted molar refractivity (Wildman–Crippen MR) is 134 cm³/mol. The fourth-order valence-corrected chi connectivity index (χ4v) is 3.83. The summed E-state index contributed by atoms with van der Waals surface area (Å²) in [7, 11) is 0. The van der Waals surface area contributed by atoms with Crippen LogP contribution in [-0.2, 0) is 12.2 Å². The molecule has 0 bridgehead atoms. The number of alkyl halides is 2. The topological polar surface area (TPSA) is 103 Å². The van der Waals surface area contributed by atoms with Gasteiger partial charge in [-0.15, -0.1) is 0 Å². The quantitative estimate of drug-likeness (QED) is 0.356. The van der Waals surface area contributed by atoms with E-state index in [-0.39, 0.29) is 34.5 Å². The second-order valence-corrected chi connectivity index (χ2v) is 9.33. The zero-order valence-corrected chi connectivity index (χ0v) is 21.3. The number of ether oxygens (including phenoxy) is 1. The van der Waals surface area contributed by atoms with Crippen LogP contribution in [0.5, 0.6) is 5.75 Å². The maximum absolute atomic E-state index is 13.3. The fourth-order valence-electron chi connectivity index (χ4n) is 3.64. The Morgan fingerprint density at radius 3 is 2.51 bits per heavy atom. The molecule has 0 spiro atoms. The lowest BCUT2D eigenvalue weighted by Crippen LogP contribution is -2.23. The highest BCUT2D eigenvalue weighted by atomic mass is 35.5. The van der Waals surface area contributed by atoms with Gasteiger partial charge >= 0.3 is 0 Å². The van der Waals surface area contributed by atoms with Gasteiger partial charge in [-0.1, -0.05) is 11.6 Å². The van der Waals surface area contributed by atoms with Crippen molar-refractivity contribution in [3.63, 3.8) is 0 Å². The van der Waals surface area contributed by atoms with Crippen molar-refractivity contribution in [2.45, 2.75) is 46.3 Å². The van der Waals surface area contributed by atoms with Crippen LogP contribution in [0.2, 0.25) is 5.02 Å². The summed E-state index contributed by atoms with van der Waals surface area (Å²) in [6.07, 6.45) is 1.79. The first kappa shape index (κ1) is 26.3. The number of aliphatic hydroxyl groups is 1. The molecule has 0 saturated heterocycles. The molecule has 0 aliphatic rings. The summed E-state index contributed by atoms with van der Waals surface area (Å²) < 4.78 is 33.0. The summed E-state index contributed by atoms with van der Waals surface area (Å²) in [5.41, 5.74) is 1.07. The SMILES string of the molecule is Cc1cnc(-c2ccnc(C(C)(C)O)n2)cc1-n1c(C)cc(OCc2cc(C(F)F)ccn2)c(Cl)c1=O. The third-order valence-corrected chi connectivity index (χ3v) is 5.90. The van der Waals surface area contributed by atoms with E-state index in [1.54, 1.807) is 52.1 Å². The Bertz CT molecular complexity index is 1520. The molecule has 0 fully saturated rings. The molecule has 37 heavy (non-hydrogen) atoms. The van der Waals surface area contributed by atoms with Crippen molar-refractivity contribution in [3.05, 3.63) is 92.6 Å². The monoisotopic (exact) mass is 527 g/mol. The van der Waals surface area contributed by atoms with Crippen molar-refractivity contribution < 1.29 is 18.6 Å². The van der Waals surface area contributed by atoms with Crippen LogP contribution in [0.1, 0.15) is 48.6 Å². The highest BCUT2D eigenvalue weighted by Crippen LogP contribution is 2.28. The molecule has 0 aliphatic heterocycles. The van der Waals surface area contributed by atoms with Crippen molar-refractivity contribution in [2.75, 3.05) is 0 Å². The lowest BCUT2D eigenvalue weighted by Gasteiger charge is -2.17. The molecule has 0 atom stereocenters. The Balaban J connectivity index is 1.69. The molecular formula is C26H24ClF2N5O3. The molecule has 0 amide bonds. The number of hydrogen-bond acceptors (Lipinski definition) is 7. The van der Waals surface area contributed by atoms with E-state index in [1.165, 1.54) is 29.1 Å². The van der Waals surface area contributed by atoms with E-state index in [0.717, 1.165) is 0 Å². The van der Waals surface area contributed by atoms with Gasteiger partial charge in [-0.2, -0.15) is 0 Å². The Hall–Kier alpha value is -3.76. The van der Waals surface area contributed by atoms with E-state index in [9.17, 15) is 18.7 Å². The average molecular weight is 528 g/mol. The zero-order chi connectivity index (χ0) is 26.9. The molecule has 11 heteroatoms. The lowest BCUT2D eigenvalue weighted by atomic mass is 10.1. The van der Waals surface area contributed by atoms with E-state index in [4.69, 9.17) is 16.3 Å². The smallest absolute Gasteiger partial charge is 0.277 e. The van der Waals surface area contributed by atoms with Crippen LogP contribution >= 0.6 is 11.6 Å². The minimum absolute atomic E-state index is 0.113. The molecule has 0 saturated carbocycles. The second-order valence-electron chi connectivity index (χ2n) is 8.95. The summed E-state index contributed by atoms with van der Waals surface area (Å²) in [6.45, 7) is 6.55. The number of rotatable bonds is 7. The molecule has 4 heterocycles. The normalized spacial score (nSPS) is 11.7. The van der Waals surface area contributed by atoms with Gasteiger partial charge in [-0.05, 0) is 57.5 Å². The van der Waals surface area contributed by atoms with Crippen LogP contribution in [0.4, 0.5) is 8.78 Å². The summed E-state index contributed by atoms with van der Waals surface area (Å²) in [5, 5.41) is 10.1. The van der Waals surface area contributed by atoms with E-state index in [1.807, 2.05) is 0 Å². The number of aryl methyl sites for hydroxylation is 2. The first-order valence-corrected chi connectivity index (χ1v) is 11.6. The van der Waals surface area contributed by atoms with Gasteiger partial charge in [0.1, 0.15) is 23.0 Å². The van der Waals surface area contributed by atoms with Gasteiger partial charge in [-0.3, -0.25) is 19.3 Å². The second kappa shape index (κ2) is 10.3. The van der Waals surface area contributed by atoms with Crippen molar-refractivity contribution >= 4 is 11.6 Å². The van der Waals surface area contributed by atoms with Crippen LogP contribution in [0.25, 0.3) is 17.1 Å². The van der Waals surface area contributed by atoms with Gasteiger partial charge < -0.3 is 9.84 Å². The van der Waals surface area contributed by atoms with Crippen LogP contribution in [-0.4, -0.2) is 29.6 Å². The predicted octanol–water partition coefficient (Wildman–Crippen LogP) is 5.10. The van der Waals surface area contributed by atoms with Crippen LogP contribution in [0, 0.1) is 13.8 Å². The van der Waals surface area contributed by atoms with Crippen molar-refractivity contribution in [1.29, 1.82) is 0 Å². The molecule has 8 nitrogen and oxygen atoms in total. The molecule has 0 radical (unpaired) electrons. The molecule has 0 aliphatic carbocycles. The Kier molecular flexibility index (Phi) is 7.33. The maximum atomic E-state index is 13.3. The number of hydrogen-bond donors (Lipinski definition) is 1. The highest BCUT2D eigenvalue weighted by molar-refractivity contribution is 6.31. The number of nitrogens with zero attached hydrogens (tertiary/aromatic N) is 5. The van der Waals surface area contributed by atoms with Gasteiger partial charge in [0.05, 0.1) is 22.8 Å². The van der Waals surface area contributed by atoms with Gasteiger partial charge in [0.25, 0.3) is 12.0 Å². The fraction of sp³-hybridized carbons (Fsp3) is 0.269. The molecular weight excluding hydrogens is 504 g/mol. The lowest BCUT2D eigenvalue weighted by molar-refractivity contribution is 0.0688. The minimum atomic E-state index is -2.63. The Labute approximate surface area is 216 Å². The Morgan fingerprint density at radius 2 is 1.81 bits per heavy atom. The summed E-state index contributed by atoms with van der Waals surface area (Å²) in [4.78, 5) is 30.3. The van der Waals surface area contributed by atoms with E-state index in [2.05, 4.69) is 19.9 Å². The number of pyridine rings is 3. The van der Waals surface area contributed by atoms with Crippen LogP contribution in [0.15, 0.2) is 53.7 Å². The minimum Gasteiger partial charge on any atom is -0.485 e. The summed E-state index contributed by atoms with van der Waals surface area (Å²) >= 11 is 6.39. The third-order valence-electron chi connectivity index (χ3n) is 5.55. The number of halogens is 3. The molecule has 4 aromatic rings. The number of aromatic nitrogens is 5. The Morgan fingerprint density at radius 1 is 1.08 bits per heavy atom. The van der Waals surface area contributed by atoms with Gasteiger partial charge in [0.15, 0.2) is 5.82 Å². The summed E-state index contributed by atoms with van der Waals surface area (Å²) in [5.74, 6) is 0.350. The highest BCUT2D eigenvalue weighted by Gasteiger charge is 2.21. The maximum Gasteiger partial charge on any atom is 0.277 e. The van der Waals surface area contributed by atoms with Crippen molar-refractivity contribution in [2.24, 2.45) is 0 Å².